The van der Waals surface area contributed by atoms with Crippen molar-refractivity contribution in [1.29, 1.82) is 0 Å². The lowest BCUT2D eigenvalue weighted by atomic mass is 10.0. The average molecular weight is 246 g/mol. The molecule has 0 saturated heterocycles. The molecule has 1 aromatic carbocycles. The number of rotatable bonds is 5. The Hall–Kier alpha value is -1.35. The van der Waals surface area contributed by atoms with Crippen LogP contribution in [0.15, 0.2) is 18.2 Å². The molecule has 98 valence electrons. The Morgan fingerprint density at radius 2 is 2.11 bits per heavy atom. The molecule has 1 saturated carbocycles. The molecule has 0 atom stereocenters. The van der Waals surface area contributed by atoms with E-state index in [-0.39, 0.29) is 11.3 Å². The minimum Gasteiger partial charge on any atom is -0.355 e. The lowest BCUT2D eigenvalue weighted by molar-refractivity contribution is -0.120. The predicted octanol–water partition coefficient (Wildman–Crippen LogP) is 1.70. The molecule has 1 aromatic rings. The molecular weight excluding hydrogens is 224 g/mol. The summed E-state index contributed by atoms with van der Waals surface area (Å²) in [5.74, 6) is 0.100. The monoisotopic (exact) mass is 246 g/mol. The Kier molecular flexibility index (Phi) is 3.71. The fraction of sp³-hybridized carbons (Fsp3) is 0.533. The number of nitrogens with one attached hydrogen (secondary N) is 1. The summed E-state index contributed by atoms with van der Waals surface area (Å²) in [6.45, 7) is 5.50. The predicted molar refractivity (Wildman–Crippen MR) is 73.4 cm³/mol. The van der Waals surface area contributed by atoms with Crippen LogP contribution in [0.5, 0.6) is 0 Å². The number of aryl methyl sites for hydroxylation is 2. The van der Waals surface area contributed by atoms with E-state index in [1.807, 2.05) is 6.92 Å². The van der Waals surface area contributed by atoms with Crippen molar-refractivity contribution in [2.75, 3.05) is 13.1 Å². The molecule has 1 fully saturated rings. The van der Waals surface area contributed by atoms with Crippen molar-refractivity contribution in [3.63, 3.8) is 0 Å². The van der Waals surface area contributed by atoms with E-state index in [9.17, 15) is 4.79 Å². The van der Waals surface area contributed by atoms with Gasteiger partial charge in [-0.3, -0.25) is 4.79 Å². The molecule has 0 radical (unpaired) electrons. The number of carbonyl (C=O) groups is 1. The molecule has 3 nitrogen and oxygen atoms in total. The molecule has 1 amide bonds. The van der Waals surface area contributed by atoms with Gasteiger partial charge in [-0.2, -0.15) is 0 Å². The van der Waals surface area contributed by atoms with E-state index in [4.69, 9.17) is 5.73 Å². The summed E-state index contributed by atoms with van der Waals surface area (Å²) in [7, 11) is 0. The number of nitrogens with two attached hydrogens (primary N) is 1. The third kappa shape index (κ3) is 3.10. The minimum atomic E-state index is 0.100. The molecule has 0 spiro atoms. The van der Waals surface area contributed by atoms with Gasteiger partial charge in [-0.1, -0.05) is 23.8 Å². The van der Waals surface area contributed by atoms with Gasteiger partial charge in [0.1, 0.15) is 0 Å². The van der Waals surface area contributed by atoms with Crippen LogP contribution >= 0.6 is 0 Å². The third-order valence-corrected chi connectivity index (χ3v) is 3.91. The van der Waals surface area contributed by atoms with Crippen LogP contribution in [0.3, 0.4) is 0 Å². The van der Waals surface area contributed by atoms with Gasteiger partial charge in [-0.25, -0.2) is 0 Å². The zero-order chi connectivity index (χ0) is 13.2. The summed E-state index contributed by atoms with van der Waals surface area (Å²) in [4.78, 5) is 11.9. The summed E-state index contributed by atoms with van der Waals surface area (Å²) in [5, 5.41) is 3.01. The Bertz CT molecular complexity index is 450. The molecule has 0 heterocycles. The Labute approximate surface area is 109 Å². The van der Waals surface area contributed by atoms with E-state index < -0.39 is 0 Å². The highest BCUT2D eigenvalue weighted by atomic mass is 16.1. The summed E-state index contributed by atoms with van der Waals surface area (Å²) in [6, 6.07) is 6.23. The van der Waals surface area contributed by atoms with Crippen LogP contribution in [0.1, 0.15) is 29.5 Å². The molecule has 0 unspecified atom stereocenters. The maximum Gasteiger partial charge on any atom is 0.224 e. The first-order valence-corrected chi connectivity index (χ1v) is 6.58. The zero-order valence-corrected chi connectivity index (χ0v) is 11.3. The van der Waals surface area contributed by atoms with Gasteiger partial charge in [0.25, 0.3) is 0 Å². The molecule has 2 rings (SSSR count). The van der Waals surface area contributed by atoms with Gasteiger partial charge in [0.05, 0.1) is 6.42 Å². The molecule has 0 bridgehead atoms. The van der Waals surface area contributed by atoms with Crippen LogP contribution in [-0.4, -0.2) is 19.0 Å². The van der Waals surface area contributed by atoms with E-state index >= 15 is 0 Å². The summed E-state index contributed by atoms with van der Waals surface area (Å²) in [5.41, 5.74) is 9.40. The third-order valence-electron chi connectivity index (χ3n) is 3.91. The van der Waals surface area contributed by atoms with Crippen molar-refractivity contribution in [3.05, 3.63) is 34.9 Å². The number of benzene rings is 1. The van der Waals surface area contributed by atoms with Crippen LogP contribution in [0.4, 0.5) is 0 Å². The summed E-state index contributed by atoms with van der Waals surface area (Å²) >= 11 is 0. The lowest BCUT2D eigenvalue weighted by Gasteiger charge is -2.14. The van der Waals surface area contributed by atoms with Gasteiger partial charge >= 0.3 is 0 Å². The van der Waals surface area contributed by atoms with Crippen LogP contribution in [0.2, 0.25) is 0 Å². The van der Waals surface area contributed by atoms with Gasteiger partial charge < -0.3 is 11.1 Å². The fourth-order valence-corrected chi connectivity index (χ4v) is 2.14. The maximum atomic E-state index is 11.9. The van der Waals surface area contributed by atoms with Crippen molar-refractivity contribution in [3.8, 4) is 0 Å². The van der Waals surface area contributed by atoms with Crippen LogP contribution in [0, 0.1) is 19.3 Å². The Balaban J connectivity index is 1.89. The number of hydrogen-bond donors (Lipinski definition) is 2. The molecule has 3 heteroatoms. The standard InChI is InChI=1S/C15H22N2O/c1-11-3-4-12(2)13(7-11)8-14(18)17-10-15(9-16)5-6-15/h3-4,7H,5-6,8-10,16H2,1-2H3,(H,17,18). The largest absolute Gasteiger partial charge is 0.355 e. The van der Waals surface area contributed by atoms with Crippen molar-refractivity contribution in [2.24, 2.45) is 11.1 Å². The Morgan fingerprint density at radius 3 is 2.72 bits per heavy atom. The second-order valence-corrected chi connectivity index (χ2v) is 5.59. The quantitative estimate of drug-likeness (QED) is 0.831. The van der Waals surface area contributed by atoms with Crippen LogP contribution in [-0.2, 0) is 11.2 Å². The SMILES string of the molecule is Cc1ccc(C)c(CC(=O)NCC2(CN)CC2)c1. The highest BCUT2D eigenvalue weighted by molar-refractivity contribution is 5.79. The van der Waals surface area contributed by atoms with Gasteiger partial charge in [0.2, 0.25) is 5.91 Å². The van der Waals surface area contributed by atoms with E-state index in [1.54, 1.807) is 0 Å². The molecule has 1 aliphatic carbocycles. The topological polar surface area (TPSA) is 55.1 Å². The normalized spacial score (nSPS) is 16.4. The van der Waals surface area contributed by atoms with Crippen molar-refractivity contribution in [2.45, 2.75) is 33.1 Å². The average Bonchev–Trinajstić information content (AvgIpc) is 3.12. The van der Waals surface area contributed by atoms with Crippen molar-refractivity contribution >= 4 is 5.91 Å². The second-order valence-electron chi connectivity index (χ2n) is 5.59. The summed E-state index contributed by atoms with van der Waals surface area (Å²) in [6.07, 6.45) is 2.76. The number of carbonyl (C=O) groups excluding carboxylic acids is 1. The van der Waals surface area contributed by atoms with E-state index in [0.29, 0.717) is 13.0 Å². The Morgan fingerprint density at radius 1 is 1.39 bits per heavy atom. The minimum absolute atomic E-state index is 0.100. The van der Waals surface area contributed by atoms with E-state index in [2.05, 4.69) is 30.4 Å². The highest BCUT2D eigenvalue weighted by Crippen LogP contribution is 2.43. The smallest absolute Gasteiger partial charge is 0.224 e. The summed E-state index contributed by atoms with van der Waals surface area (Å²) < 4.78 is 0. The first kappa shape index (κ1) is 13.1. The molecule has 1 aliphatic rings. The number of amides is 1. The fourth-order valence-electron chi connectivity index (χ4n) is 2.14. The van der Waals surface area contributed by atoms with Gasteiger partial charge in [0.15, 0.2) is 0 Å². The van der Waals surface area contributed by atoms with Gasteiger partial charge in [0, 0.05) is 6.54 Å². The van der Waals surface area contributed by atoms with Crippen molar-refractivity contribution in [1.82, 2.24) is 5.32 Å². The van der Waals surface area contributed by atoms with Crippen LogP contribution < -0.4 is 11.1 Å². The lowest BCUT2D eigenvalue weighted by Crippen LogP contribution is -2.34. The second kappa shape index (κ2) is 5.11. The highest BCUT2D eigenvalue weighted by Gasteiger charge is 2.41. The molecule has 0 aromatic heterocycles. The van der Waals surface area contributed by atoms with Crippen LogP contribution in [0.25, 0.3) is 0 Å². The maximum absolute atomic E-state index is 11.9. The van der Waals surface area contributed by atoms with E-state index in [1.165, 1.54) is 11.1 Å². The first-order valence-electron chi connectivity index (χ1n) is 6.58. The van der Waals surface area contributed by atoms with E-state index in [0.717, 1.165) is 24.9 Å². The first-order chi connectivity index (χ1) is 8.54. The molecule has 3 N–H and O–H groups in total. The molecule has 0 aliphatic heterocycles. The van der Waals surface area contributed by atoms with Gasteiger partial charge in [-0.15, -0.1) is 0 Å². The molecule has 18 heavy (non-hydrogen) atoms. The van der Waals surface area contributed by atoms with Crippen molar-refractivity contribution < 1.29 is 4.79 Å². The van der Waals surface area contributed by atoms with Gasteiger partial charge in [-0.05, 0) is 49.8 Å². The zero-order valence-electron chi connectivity index (χ0n) is 11.3. The molecular formula is C15H22N2O. The number of hydrogen-bond acceptors (Lipinski definition) is 2.